The quantitative estimate of drug-likeness (QED) is 0.287. The van der Waals surface area contributed by atoms with Crippen LogP contribution in [0.25, 0.3) is 11.0 Å². The number of aromatic nitrogens is 2. The molecule has 4 rings (SSSR count). The Bertz CT molecular complexity index is 1220. The van der Waals surface area contributed by atoms with Gasteiger partial charge in [-0.15, -0.1) is 11.3 Å². The van der Waals surface area contributed by atoms with Crippen LogP contribution in [0.3, 0.4) is 0 Å². The van der Waals surface area contributed by atoms with E-state index in [9.17, 15) is 4.79 Å². The van der Waals surface area contributed by atoms with Gasteiger partial charge in [0.2, 0.25) is 0 Å². The number of amides is 1. The first kappa shape index (κ1) is 23.7. The average Bonchev–Trinajstić information content (AvgIpc) is 3.40. The van der Waals surface area contributed by atoms with Crippen LogP contribution in [-0.4, -0.2) is 33.4 Å². The Morgan fingerprint density at radius 1 is 1.15 bits per heavy atom. The first-order chi connectivity index (χ1) is 16.0. The third-order valence-electron chi connectivity index (χ3n) is 5.74. The van der Waals surface area contributed by atoms with Crippen LogP contribution in [-0.2, 0) is 6.54 Å². The lowest BCUT2D eigenvalue weighted by atomic mass is 10.0. The number of carbonyl (C=O) groups excluding carboxylic acids is 1. The van der Waals surface area contributed by atoms with E-state index < -0.39 is 0 Å². The van der Waals surface area contributed by atoms with E-state index in [2.05, 4.69) is 64.7 Å². The maximum atomic E-state index is 13.7. The van der Waals surface area contributed by atoms with Gasteiger partial charge in [0, 0.05) is 22.9 Å². The SMILES string of the molecule is CC(C)C(c1nc2ccccc2n1Cc1ccccc1)N(CCCN)C(=O)c1cc(Br)cs1. The summed E-state index contributed by atoms with van der Waals surface area (Å²) in [5.74, 6) is 1.11. The number of carbonyl (C=O) groups is 1. The molecule has 1 amide bonds. The lowest BCUT2D eigenvalue weighted by molar-refractivity contribution is 0.0610. The topological polar surface area (TPSA) is 64.2 Å². The van der Waals surface area contributed by atoms with Gasteiger partial charge in [-0.3, -0.25) is 4.79 Å². The summed E-state index contributed by atoms with van der Waals surface area (Å²) in [6.07, 6.45) is 0.737. The van der Waals surface area contributed by atoms with Gasteiger partial charge in [-0.1, -0.05) is 56.3 Å². The third-order valence-corrected chi connectivity index (χ3v) is 7.42. The van der Waals surface area contributed by atoms with Gasteiger partial charge >= 0.3 is 0 Å². The van der Waals surface area contributed by atoms with Crippen molar-refractivity contribution in [2.24, 2.45) is 11.7 Å². The fraction of sp³-hybridized carbons (Fsp3) is 0.308. The van der Waals surface area contributed by atoms with Gasteiger partial charge in [-0.2, -0.15) is 0 Å². The van der Waals surface area contributed by atoms with Crippen molar-refractivity contribution in [2.75, 3.05) is 13.1 Å². The number of fused-ring (bicyclic) bond motifs is 1. The van der Waals surface area contributed by atoms with Gasteiger partial charge in [-0.05, 0) is 58.6 Å². The first-order valence-corrected chi connectivity index (χ1v) is 12.9. The third kappa shape index (κ3) is 5.21. The van der Waals surface area contributed by atoms with Crippen molar-refractivity contribution in [3.63, 3.8) is 0 Å². The molecule has 0 radical (unpaired) electrons. The number of benzene rings is 2. The zero-order valence-electron chi connectivity index (χ0n) is 18.9. The molecule has 4 aromatic rings. The van der Waals surface area contributed by atoms with Gasteiger partial charge in [0.1, 0.15) is 5.82 Å². The number of thiophene rings is 1. The fourth-order valence-electron chi connectivity index (χ4n) is 4.24. The van der Waals surface area contributed by atoms with E-state index in [4.69, 9.17) is 10.7 Å². The number of hydrogen-bond donors (Lipinski definition) is 1. The predicted molar refractivity (Wildman–Crippen MR) is 140 cm³/mol. The average molecular weight is 526 g/mol. The molecule has 0 fully saturated rings. The molecule has 5 nitrogen and oxygen atoms in total. The van der Waals surface area contributed by atoms with Crippen LogP contribution >= 0.6 is 27.3 Å². The molecule has 2 heterocycles. The summed E-state index contributed by atoms with van der Waals surface area (Å²) in [6, 6.07) is 20.3. The Balaban J connectivity index is 1.83. The predicted octanol–water partition coefficient (Wildman–Crippen LogP) is 6.10. The number of halogens is 1. The summed E-state index contributed by atoms with van der Waals surface area (Å²) in [4.78, 5) is 21.5. The molecule has 0 spiro atoms. The Morgan fingerprint density at radius 3 is 2.55 bits per heavy atom. The Hall–Kier alpha value is -2.48. The number of para-hydroxylation sites is 2. The molecule has 0 saturated heterocycles. The van der Waals surface area contributed by atoms with Crippen LogP contribution in [0.2, 0.25) is 0 Å². The van der Waals surface area contributed by atoms with Crippen molar-refractivity contribution >= 4 is 44.2 Å². The van der Waals surface area contributed by atoms with Crippen LogP contribution in [0.1, 0.15) is 47.4 Å². The minimum Gasteiger partial charge on any atom is -0.330 e. The number of nitrogens with zero attached hydrogens (tertiary/aromatic N) is 3. The minimum atomic E-state index is -0.180. The smallest absolute Gasteiger partial charge is 0.264 e. The normalized spacial score (nSPS) is 12.4. The summed E-state index contributed by atoms with van der Waals surface area (Å²) >= 11 is 4.95. The highest BCUT2D eigenvalue weighted by Crippen LogP contribution is 2.34. The van der Waals surface area contributed by atoms with Crippen molar-refractivity contribution in [3.8, 4) is 0 Å². The van der Waals surface area contributed by atoms with Gasteiger partial charge in [0.05, 0.1) is 22.0 Å². The number of imidazole rings is 1. The largest absolute Gasteiger partial charge is 0.330 e. The van der Waals surface area contributed by atoms with Crippen LogP contribution in [0.4, 0.5) is 0 Å². The van der Waals surface area contributed by atoms with E-state index in [0.29, 0.717) is 19.6 Å². The highest BCUT2D eigenvalue weighted by molar-refractivity contribution is 9.10. The second-order valence-corrected chi connectivity index (χ2v) is 10.3. The minimum absolute atomic E-state index is 0.0242. The molecule has 0 aliphatic rings. The molecule has 0 aliphatic carbocycles. The van der Waals surface area contributed by atoms with Crippen LogP contribution in [0.15, 0.2) is 70.5 Å². The molecule has 0 bridgehead atoms. The van der Waals surface area contributed by atoms with E-state index in [1.54, 1.807) is 0 Å². The second kappa shape index (κ2) is 10.6. The summed E-state index contributed by atoms with van der Waals surface area (Å²) in [7, 11) is 0. The maximum absolute atomic E-state index is 13.7. The van der Waals surface area contributed by atoms with Crippen LogP contribution in [0.5, 0.6) is 0 Å². The van der Waals surface area contributed by atoms with E-state index in [1.165, 1.54) is 16.9 Å². The van der Waals surface area contributed by atoms with Crippen molar-refractivity contribution in [3.05, 3.63) is 86.8 Å². The standard InChI is InChI=1S/C26H29BrN4OS/c1-18(2)24(30(14-8-13-28)26(32)23-15-20(27)17-33-23)25-29-21-11-6-7-12-22(21)31(25)16-19-9-4-3-5-10-19/h3-7,9-12,15,17-18,24H,8,13-14,16,28H2,1-2H3. The molecule has 2 aromatic carbocycles. The van der Waals surface area contributed by atoms with Crippen molar-refractivity contribution in [1.82, 2.24) is 14.5 Å². The molecule has 1 unspecified atom stereocenters. The molecular formula is C26H29BrN4OS. The monoisotopic (exact) mass is 524 g/mol. The van der Waals surface area contributed by atoms with Crippen LogP contribution < -0.4 is 5.73 Å². The zero-order valence-corrected chi connectivity index (χ0v) is 21.3. The summed E-state index contributed by atoms with van der Waals surface area (Å²) < 4.78 is 3.19. The molecule has 7 heteroatoms. The zero-order chi connectivity index (χ0) is 23.4. The summed E-state index contributed by atoms with van der Waals surface area (Å²) in [5, 5.41) is 1.95. The number of nitrogens with two attached hydrogens (primary N) is 1. The fourth-order valence-corrected chi connectivity index (χ4v) is 5.63. The first-order valence-electron chi connectivity index (χ1n) is 11.2. The highest BCUT2D eigenvalue weighted by atomic mass is 79.9. The molecular weight excluding hydrogens is 496 g/mol. The lowest BCUT2D eigenvalue weighted by Gasteiger charge is -2.34. The van der Waals surface area contributed by atoms with E-state index in [1.807, 2.05) is 40.6 Å². The van der Waals surface area contributed by atoms with Crippen molar-refractivity contribution in [2.45, 2.75) is 32.9 Å². The van der Waals surface area contributed by atoms with Crippen LogP contribution in [0, 0.1) is 5.92 Å². The molecule has 1 atom stereocenters. The van der Waals surface area contributed by atoms with E-state index in [0.717, 1.165) is 32.6 Å². The molecule has 2 N–H and O–H groups in total. The van der Waals surface area contributed by atoms with Gasteiger partial charge in [0.15, 0.2) is 0 Å². The number of rotatable bonds is 9. The van der Waals surface area contributed by atoms with E-state index in [-0.39, 0.29) is 17.9 Å². The Kier molecular flexibility index (Phi) is 7.63. The van der Waals surface area contributed by atoms with Crippen molar-refractivity contribution < 1.29 is 4.79 Å². The van der Waals surface area contributed by atoms with Gasteiger partial charge in [0.25, 0.3) is 5.91 Å². The van der Waals surface area contributed by atoms with Gasteiger partial charge < -0.3 is 15.2 Å². The Labute approximate surface area is 207 Å². The molecule has 33 heavy (non-hydrogen) atoms. The molecule has 0 aliphatic heterocycles. The van der Waals surface area contributed by atoms with Crippen molar-refractivity contribution in [1.29, 1.82) is 0 Å². The molecule has 172 valence electrons. The highest BCUT2D eigenvalue weighted by Gasteiger charge is 2.33. The van der Waals surface area contributed by atoms with Gasteiger partial charge in [-0.25, -0.2) is 4.98 Å². The Morgan fingerprint density at radius 2 is 1.88 bits per heavy atom. The summed E-state index contributed by atoms with van der Waals surface area (Å²) in [5.41, 5.74) is 9.08. The second-order valence-electron chi connectivity index (χ2n) is 8.49. The maximum Gasteiger partial charge on any atom is 0.264 e. The molecule has 0 saturated carbocycles. The summed E-state index contributed by atoms with van der Waals surface area (Å²) in [6.45, 7) is 6.13. The van der Waals surface area contributed by atoms with E-state index >= 15 is 0 Å². The lowest BCUT2D eigenvalue weighted by Crippen LogP contribution is -2.40. The number of hydrogen-bond acceptors (Lipinski definition) is 4. The molecule has 2 aromatic heterocycles.